The van der Waals surface area contributed by atoms with Crippen molar-refractivity contribution in [3.63, 3.8) is 0 Å². The molecule has 0 aliphatic heterocycles. The molecule has 2 aromatic rings. The van der Waals surface area contributed by atoms with E-state index in [0.29, 0.717) is 5.56 Å². The SMILES string of the molecule is C[C@@H](NS(=O)(=O)Cc1ccc(F)cc1)c1ccc2c(c1)CCCC2. The molecule has 0 aromatic heterocycles. The van der Waals surface area contributed by atoms with Gasteiger partial charge in [-0.25, -0.2) is 17.5 Å². The summed E-state index contributed by atoms with van der Waals surface area (Å²) < 4.78 is 40.3. The van der Waals surface area contributed by atoms with Gasteiger partial charge < -0.3 is 0 Å². The zero-order chi connectivity index (χ0) is 17.2. The van der Waals surface area contributed by atoms with Gasteiger partial charge >= 0.3 is 0 Å². The van der Waals surface area contributed by atoms with Gasteiger partial charge in [-0.15, -0.1) is 0 Å². The molecular weight excluding hydrogens is 325 g/mol. The number of hydrogen-bond donors (Lipinski definition) is 1. The van der Waals surface area contributed by atoms with Crippen molar-refractivity contribution in [2.75, 3.05) is 0 Å². The van der Waals surface area contributed by atoms with Gasteiger partial charge in [0.2, 0.25) is 10.0 Å². The Morgan fingerprint density at radius 3 is 2.42 bits per heavy atom. The number of sulfonamides is 1. The van der Waals surface area contributed by atoms with Crippen LogP contribution in [0.1, 0.15) is 48.1 Å². The average Bonchev–Trinajstić information content (AvgIpc) is 2.56. The van der Waals surface area contributed by atoms with Gasteiger partial charge in [0.1, 0.15) is 5.82 Å². The minimum Gasteiger partial charge on any atom is -0.212 e. The van der Waals surface area contributed by atoms with Gasteiger partial charge in [-0.3, -0.25) is 0 Å². The van der Waals surface area contributed by atoms with Gasteiger partial charge in [-0.1, -0.05) is 30.3 Å². The van der Waals surface area contributed by atoms with Crippen molar-refractivity contribution in [3.05, 3.63) is 70.5 Å². The third-order valence-electron chi connectivity index (χ3n) is 4.50. The smallest absolute Gasteiger partial charge is 0.212 e. The number of hydrogen-bond acceptors (Lipinski definition) is 2. The molecule has 2 aromatic carbocycles. The maximum atomic E-state index is 12.9. The number of rotatable bonds is 5. The van der Waals surface area contributed by atoms with E-state index >= 15 is 0 Å². The van der Waals surface area contributed by atoms with Crippen molar-refractivity contribution >= 4 is 10.0 Å². The van der Waals surface area contributed by atoms with Crippen LogP contribution >= 0.6 is 0 Å². The first-order chi connectivity index (χ1) is 11.4. The van der Waals surface area contributed by atoms with Crippen LogP contribution in [0.2, 0.25) is 0 Å². The molecule has 1 atom stereocenters. The minimum atomic E-state index is -3.49. The molecule has 1 N–H and O–H groups in total. The lowest BCUT2D eigenvalue weighted by atomic mass is 9.89. The Labute approximate surface area is 143 Å². The Kier molecular flexibility index (Phi) is 5.01. The Morgan fingerprint density at radius 2 is 1.71 bits per heavy atom. The fourth-order valence-corrected chi connectivity index (χ4v) is 4.59. The number of nitrogens with one attached hydrogen (secondary N) is 1. The highest BCUT2D eigenvalue weighted by Gasteiger charge is 2.18. The second kappa shape index (κ2) is 7.03. The van der Waals surface area contributed by atoms with Crippen molar-refractivity contribution in [1.82, 2.24) is 4.72 Å². The lowest BCUT2D eigenvalue weighted by molar-refractivity contribution is 0.565. The predicted octanol–water partition coefficient (Wildman–Crippen LogP) is 3.89. The summed E-state index contributed by atoms with van der Waals surface area (Å²) in [6.07, 6.45) is 4.60. The standard InChI is InChI=1S/C19H22FNO2S/c1-14(17-9-8-16-4-2-3-5-18(16)12-17)21-24(22,23)13-15-6-10-19(20)11-7-15/h6-12,14,21H,2-5,13H2,1H3/t14-/m1/s1. The Morgan fingerprint density at radius 1 is 1.04 bits per heavy atom. The number of aryl methyl sites for hydroxylation is 2. The molecule has 0 saturated carbocycles. The molecule has 0 amide bonds. The first kappa shape index (κ1) is 17.1. The van der Waals surface area contributed by atoms with Crippen LogP contribution in [-0.2, 0) is 28.6 Å². The highest BCUT2D eigenvalue weighted by Crippen LogP contribution is 2.25. The first-order valence-corrected chi connectivity index (χ1v) is 9.94. The van der Waals surface area contributed by atoms with E-state index in [2.05, 4.69) is 16.9 Å². The van der Waals surface area contributed by atoms with E-state index in [9.17, 15) is 12.8 Å². The van der Waals surface area contributed by atoms with Crippen LogP contribution in [0.25, 0.3) is 0 Å². The fraction of sp³-hybridized carbons (Fsp3) is 0.368. The molecule has 3 rings (SSSR count). The van der Waals surface area contributed by atoms with Crippen LogP contribution in [0.4, 0.5) is 4.39 Å². The van der Waals surface area contributed by atoms with E-state index in [0.717, 1.165) is 18.4 Å². The molecule has 5 heteroatoms. The summed E-state index contributed by atoms with van der Waals surface area (Å²) in [6, 6.07) is 11.5. The largest absolute Gasteiger partial charge is 0.216 e. The molecule has 24 heavy (non-hydrogen) atoms. The Hall–Kier alpha value is -1.72. The Bertz CT molecular complexity index is 816. The highest BCUT2D eigenvalue weighted by atomic mass is 32.2. The van der Waals surface area contributed by atoms with E-state index in [-0.39, 0.29) is 17.6 Å². The molecule has 3 nitrogen and oxygen atoms in total. The average molecular weight is 347 g/mol. The lowest BCUT2D eigenvalue weighted by Gasteiger charge is -2.20. The second-order valence-electron chi connectivity index (χ2n) is 6.46. The van der Waals surface area contributed by atoms with Crippen LogP contribution in [0.5, 0.6) is 0 Å². The van der Waals surface area contributed by atoms with Crippen LogP contribution < -0.4 is 4.72 Å². The van der Waals surface area contributed by atoms with E-state index in [1.54, 1.807) is 0 Å². The molecule has 0 heterocycles. The maximum Gasteiger partial charge on any atom is 0.216 e. The summed E-state index contributed by atoms with van der Waals surface area (Å²) in [5.74, 6) is -0.519. The molecule has 1 aliphatic carbocycles. The van der Waals surface area contributed by atoms with Gasteiger partial charge in [0.25, 0.3) is 0 Å². The molecular formula is C19H22FNO2S. The van der Waals surface area contributed by atoms with Crippen molar-refractivity contribution < 1.29 is 12.8 Å². The van der Waals surface area contributed by atoms with E-state index in [1.165, 1.54) is 48.2 Å². The van der Waals surface area contributed by atoms with Gasteiger partial charge in [-0.05, 0) is 67.0 Å². The van der Waals surface area contributed by atoms with E-state index in [4.69, 9.17) is 0 Å². The molecule has 0 unspecified atom stereocenters. The number of benzene rings is 2. The molecule has 0 fully saturated rings. The molecule has 1 aliphatic rings. The van der Waals surface area contributed by atoms with Crippen molar-refractivity contribution in [3.8, 4) is 0 Å². The second-order valence-corrected chi connectivity index (χ2v) is 8.21. The van der Waals surface area contributed by atoms with Crippen molar-refractivity contribution in [2.24, 2.45) is 0 Å². The van der Waals surface area contributed by atoms with E-state index in [1.807, 2.05) is 13.0 Å². The molecule has 0 spiro atoms. The number of fused-ring (bicyclic) bond motifs is 1. The normalized spacial score (nSPS) is 15.8. The van der Waals surface area contributed by atoms with Crippen molar-refractivity contribution in [2.45, 2.75) is 44.4 Å². The molecule has 128 valence electrons. The van der Waals surface area contributed by atoms with Crippen LogP contribution in [0.15, 0.2) is 42.5 Å². The summed E-state index contributed by atoms with van der Waals surface area (Å²) in [5, 5.41) is 0. The van der Waals surface area contributed by atoms with Crippen LogP contribution in [0.3, 0.4) is 0 Å². The third-order valence-corrected chi connectivity index (χ3v) is 5.92. The summed E-state index contributed by atoms with van der Waals surface area (Å²) >= 11 is 0. The van der Waals surface area contributed by atoms with Gasteiger partial charge in [-0.2, -0.15) is 0 Å². The fourth-order valence-electron chi connectivity index (χ4n) is 3.20. The third kappa shape index (κ3) is 4.22. The lowest BCUT2D eigenvalue weighted by Crippen LogP contribution is -2.28. The van der Waals surface area contributed by atoms with Crippen molar-refractivity contribution in [1.29, 1.82) is 0 Å². The molecule has 0 radical (unpaired) electrons. The van der Waals surface area contributed by atoms with Gasteiger partial charge in [0.05, 0.1) is 5.75 Å². The molecule has 0 saturated heterocycles. The monoisotopic (exact) mass is 347 g/mol. The first-order valence-electron chi connectivity index (χ1n) is 8.29. The highest BCUT2D eigenvalue weighted by molar-refractivity contribution is 7.88. The summed E-state index contributed by atoms with van der Waals surface area (Å²) in [5.41, 5.74) is 4.27. The summed E-state index contributed by atoms with van der Waals surface area (Å²) in [6.45, 7) is 1.85. The predicted molar refractivity (Wildman–Crippen MR) is 93.7 cm³/mol. The van der Waals surface area contributed by atoms with Gasteiger partial charge in [0, 0.05) is 6.04 Å². The van der Waals surface area contributed by atoms with Gasteiger partial charge in [0.15, 0.2) is 0 Å². The van der Waals surface area contributed by atoms with E-state index < -0.39 is 10.0 Å². The van der Waals surface area contributed by atoms with Crippen LogP contribution in [-0.4, -0.2) is 8.42 Å². The minimum absolute atomic E-state index is 0.150. The quantitative estimate of drug-likeness (QED) is 0.892. The van der Waals surface area contributed by atoms with Crippen LogP contribution in [0, 0.1) is 5.82 Å². The maximum absolute atomic E-state index is 12.9. The summed E-state index contributed by atoms with van der Waals surface area (Å²) in [4.78, 5) is 0. The zero-order valence-electron chi connectivity index (χ0n) is 13.8. The molecule has 0 bridgehead atoms. The summed E-state index contributed by atoms with van der Waals surface area (Å²) in [7, 11) is -3.49. The number of halogens is 1. The zero-order valence-corrected chi connectivity index (χ0v) is 14.6. The Balaban J connectivity index is 1.71. The topological polar surface area (TPSA) is 46.2 Å².